The van der Waals surface area contributed by atoms with Crippen molar-refractivity contribution >= 4 is 27.5 Å². The average molecular weight is 290 g/mol. The summed E-state index contributed by atoms with van der Waals surface area (Å²) in [6, 6.07) is 5.27. The Morgan fingerprint density at radius 3 is 2.80 bits per heavy atom. The first-order chi connectivity index (χ1) is 7.19. The summed E-state index contributed by atoms with van der Waals surface area (Å²) in [6.07, 6.45) is 0. The number of nitrogens with zero attached hydrogens (tertiary/aromatic N) is 2. The van der Waals surface area contributed by atoms with Crippen LogP contribution >= 0.6 is 27.5 Å². The van der Waals surface area contributed by atoms with Crippen molar-refractivity contribution in [1.82, 2.24) is 10.1 Å². The lowest BCUT2D eigenvalue weighted by Crippen LogP contribution is -1.85. The van der Waals surface area contributed by atoms with Gasteiger partial charge >= 0.3 is 0 Å². The van der Waals surface area contributed by atoms with Gasteiger partial charge in [0.05, 0.1) is 0 Å². The number of aliphatic hydroxyl groups excluding tert-OH is 1. The molecule has 15 heavy (non-hydrogen) atoms. The Morgan fingerprint density at radius 2 is 2.20 bits per heavy atom. The van der Waals surface area contributed by atoms with E-state index in [0.717, 1.165) is 4.47 Å². The summed E-state index contributed by atoms with van der Waals surface area (Å²) in [7, 11) is 0. The fourth-order valence-corrected chi connectivity index (χ4v) is 1.97. The lowest BCUT2D eigenvalue weighted by Gasteiger charge is -1.96. The Balaban J connectivity index is 2.44. The van der Waals surface area contributed by atoms with Crippen LogP contribution in [0.25, 0.3) is 11.5 Å². The van der Waals surface area contributed by atoms with Gasteiger partial charge in [-0.25, -0.2) is 0 Å². The SMILES string of the molecule is OCc1noc(-c2cc(Cl)cc(Br)c2)n1. The van der Waals surface area contributed by atoms with E-state index in [2.05, 4.69) is 26.1 Å². The van der Waals surface area contributed by atoms with Crippen molar-refractivity contribution in [1.29, 1.82) is 0 Å². The zero-order valence-electron chi connectivity index (χ0n) is 7.44. The van der Waals surface area contributed by atoms with Gasteiger partial charge in [0.15, 0.2) is 5.82 Å². The van der Waals surface area contributed by atoms with E-state index in [9.17, 15) is 0 Å². The monoisotopic (exact) mass is 288 g/mol. The molecule has 0 atom stereocenters. The molecule has 78 valence electrons. The lowest BCUT2D eigenvalue weighted by atomic mass is 10.2. The number of aliphatic hydroxyl groups is 1. The van der Waals surface area contributed by atoms with E-state index in [1.165, 1.54) is 0 Å². The Labute approximate surface area is 99.0 Å². The Hall–Kier alpha value is -0.910. The molecule has 0 saturated carbocycles. The molecule has 2 aromatic rings. The molecule has 0 unspecified atom stereocenters. The normalized spacial score (nSPS) is 10.6. The zero-order chi connectivity index (χ0) is 10.8. The molecule has 1 N–H and O–H groups in total. The minimum Gasteiger partial charge on any atom is -0.388 e. The van der Waals surface area contributed by atoms with Crippen LogP contribution in [0.2, 0.25) is 5.02 Å². The van der Waals surface area contributed by atoms with Gasteiger partial charge in [-0.2, -0.15) is 4.98 Å². The van der Waals surface area contributed by atoms with Crippen molar-refractivity contribution in [2.24, 2.45) is 0 Å². The summed E-state index contributed by atoms with van der Waals surface area (Å²) >= 11 is 9.18. The lowest BCUT2D eigenvalue weighted by molar-refractivity contribution is 0.264. The van der Waals surface area contributed by atoms with Gasteiger partial charge in [0.25, 0.3) is 5.89 Å². The summed E-state index contributed by atoms with van der Waals surface area (Å²) in [5, 5.41) is 12.9. The van der Waals surface area contributed by atoms with Gasteiger partial charge in [0.1, 0.15) is 6.61 Å². The second kappa shape index (κ2) is 4.30. The topological polar surface area (TPSA) is 59.2 Å². The van der Waals surface area contributed by atoms with E-state index in [1.807, 2.05) is 0 Å². The summed E-state index contributed by atoms with van der Waals surface area (Å²) in [4.78, 5) is 3.97. The maximum atomic E-state index is 8.79. The molecule has 0 amide bonds. The van der Waals surface area contributed by atoms with E-state index >= 15 is 0 Å². The number of hydrogen-bond acceptors (Lipinski definition) is 4. The third-order valence-electron chi connectivity index (χ3n) is 1.72. The molecule has 0 aliphatic carbocycles. The van der Waals surface area contributed by atoms with Crippen molar-refractivity contribution in [2.75, 3.05) is 0 Å². The van der Waals surface area contributed by atoms with E-state index < -0.39 is 0 Å². The second-order valence-electron chi connectivity index (χ2n) is 2.83. The van der Waals surface area contributed by atoms with Gasteiger partial charge in [-0.1, -0.05) is 32.7 Å². The number of benzene rings is 1. The smallest absolute Gasteiger partial charge is 0.258 e. The molecule has 2 rings (SSSR count). The second-order valence-corrected chi connectivity index (χ2v) is 4.18. The number of rotatable bonds is 2. The number of aromatic nitrogens is 2. The van der Waals surface area contributed by atoms with Gasteiger partial charge in [-0.15, -0.1) is 0 Å². The molecular weight excluding hydrogens is 283 g/mol. The van der Waals surface area contributed by atoms with Crippen molar-refractivity contribution in [2.45, 2.75) is 6.61 Å². The van der Waals surface area contributed by atoms with Gasteiger partial charge in [0, 0.05) is 15.1 Å². The average Bonchev–Trinajstić information content (AvgIpc) is 2.64. The van der Waals surface area contributed by atoms with Crippen LogP contribution in [0.4, 0.5) is 0 Å². The quantitative estimate of drug-likeness (QED) is 0.923. The fraction of sp³-hybridized carbons (Fsp3) is 0.111. The van der Waals surface area contributed by atoms with Crippen LogP contribution in [0.5, 0.6) is 0 Å². The molecule has 0 saturated heterocycles. The van der Waals surface area contributed by atoms with Crippen molar-refractivity contribution in [3.8, 4) is 11.5 Å². The fourth-order valence-electron chi connectivity index (χ4n) is 1.11. The molecule has 0 spiro atoms. The third kappa shape index (κ3) is 2.37. The van der Waals surface area contributed by atoms with E-state index in [4.69, 9.17) is 21.2 Å². The molecule has 1 aromatic heterocycles. The minimum atomic E-state index is -0.245. The van der Waals surface area contributed by atoms with Gasteiger partial charge < -0.3 is 9.63 Å². The highest BCUT2D eigenvalue weighted by atomic mass is 79.9. The molecule has 4 nitrogen and oxygen atoms in total. The first-order valence-electron chi connectivity index (χ1n) is 4.09. The Morgan fingerprint density at radius 1 is 1.40 bits per heavy atom. The predicted molar refractivity (Wildman–Crippen MR) is 58.4 cm³/mol. The number of hydrogen-bond donors (Lipinski definition) is 1. The minimum absolute atomic E-state index is 0.245. The maximum absolute atomic E-state index is 8.79. The van der Waals surface area contributed by atoms with Crippen molar-refractivity contribution in [3.63, 3.8) is 0 Å². The van der Waals surface area contributed by atoms with Crippen LogP contribution in [0.3, 0.4) is 0 Å². The molecular formula is C9H6BrClN2O2. The van der Waals surface area contributed by atoms with Gasteiger partial charge in [-0.3, -0.25) is 0 Å². The van der Waals surface area contributed by atoms with Crippen molar-refractivity contribution < 1.29 is 9.63 Å². The van der Waals surface area contributed by atoms with E-state index in [0.29, 0.717) is 16.5 Å². The van der Waals surface area contributed by atoms with Gasteiger partial charge in [-0.05, 0) is 18.2 Å². The van der Waals surface area contributed by atoms with Gasteiger partial charge in [0.2, 0.25) is 0 Å². The highest BCUT2D eigenvalue weighted by Gasteiger charge is 2.09. The van der Waals surface area contributed by atoms with Crippen LogP contribution in [-0.4, -0.2) is 15.2 Å². The first-order valence-corrected chi connectivity index (χ1v) is 5.26. The molecule has 0 bridgehead atoms. The highest BCUT2D eigenvalue weighted by molar-refractivity contribution is 9.10. The largest absolute Gasteiger partial charge is 0.388 e. The molecule has 0 aliphatic rings. The molecule has 1 heterocycles. The highest BCUT2D eigenvalue weighted by Crippen LogP contribution is 2.26. The van der Waals surface area contributed by atoms with Crippen LogP contribution in [0, 0.1) is 0 Å². The molecule has 0 radical (unpaired) electrons. The standard InChI is InChI=1S/C9H6BrClN2O2/c10-6-1-5(2-7(11)3-6)9-12-8(4-14)13-15-9/h1-3,14H,4H2. The van der Waals surface area contributed by atoms with Crippen LogP contribution in [0.1, 0.15) is 5.82 Å². The Kier molecular flexibility index (Phi) is 3.04. The molecule has 0 fully saturated rings. The van der Waals surface area contributed by atoms with Crippen LogP contribution < -0.4 is 0 Å². The summed E-state index contributed by atoms with van der Waals surface area (Å²) < 4.78 is 5.78. The zero-order valence-corrected chi connectivity index (χ0v) is 9.79. The van der Waals surface area contributed by atoms with E-state index in [1.54, 1.807) is 18.2 Å². The van der Waals surface area contributed by atoms with E-state index in [-0.39, 0.29) is 12.4 Å². The molecule has 1 aromatic carbocycles. The first kappa shape index (κ1) is 10.6. The third-order valence-corrected chi connectivity index (χ3v) is 2.40. The van der Waals surface area contributed by atoms with Crippen molar-refractivity contribution in [3.05, 3.63) is 33.5 Å². The molecule has 6 heteroatoms. The Bertz CT molecular complexity index is 466. The summed E-state index contributed by atoms with van der Waals surface area (Å²) in [5.74, 6) is 0.586. The maximum Gasteiger partial charge on any atom is 0.258 e. The molecule has 0 aliphatic heterocycles. The number of halogens is 2. The predicted octanol–water partition coefficient (Wildman–Crippen LogP) is 2.64. The summed E-state index contributed by atoms with van der Waals surface area (Å²) in [5.41, 5.74) is 0.710. The van der Waals surface area contributed by atoms with Crippen LogP contribution in [-0.2, 0) is 6.61 Å². The summed E-state index contributed by atoms with van der Waals surface area (Å²) in [6.45, 7) is -0.245. The van der Waals surface area contributed by atoms with Crippen LogP contribution in [0.15, 0.2) is 27.2 Å².